The number of hydrogen-bond acceptors (Lipinski definition) is 4. The first kappa shape index (κ1) is 11.2. The average Bonchev–Trinajstić information content (AvgIpc) is 1.97. The van der Waals surface area contributed by atoms with Crippen LogP contribution in [-0.2, 0) is 19.1 Å². The largest absolute Gasteiger partial charge is 0.393 e. The van der Waals surface area contributed by atoms with Crippen LogP contribution in [0.3, 0.4) is 0 Å². The highest BCUT2D eigenvalue weighted by Gasteiger charge is 2.28. The van der Waals surface area contributed by atoms with E-state index in [2.05, 4.69) is 4.74 Å². The summed E-state index contributed by atoms with van der Waals surface area (Å²) in [7, 11) is 0. The molecule has 0 radical (unpaired) electrons. The Balaban J connectivity index is 2.38. The summed E-state index contributed by atoms with van der Waals surface area (Å²) in [5.41, 5.74) is -0.232. The second-order valence-corrected chi connectivity index (χ2v) is 4.54. The lowest BCUT2D eigenvalue weighted by Gasteiger charge is -2.25. The van der Waals surface area contributed by atoms with Gasteiger partial charge in [0, 0.05) is 5.92 Å². The van der Waals surface area contributed by atoms with E-state index in [4.69, 9.17) is 4.74 Å². The van der Waals surface area contributed by atoms with Crippen molar-refractivity contribution in [1.82, 2.24) is 0 Å². The quantitative estimate of drug-likeness (QED) is 0.497. The number of esters is 2. The van der Waals surface area contributed by atoms with Crippen molar-refractivity contribution in [2.45, 2.75) is 39.2 Å². The molecule has 0 aromatic rings. The molecule has 80 valence electrons. The number of cyclic esters (lactones) is 2. The molecule has 1 aliphatic heterocycles. The number of carbonyl (C=O) groups excluding carboxylic acids is 2. The van der Waals surface area contributed by atoms with E-state index in [0.717, 1.165) is 0 Å². The lowest BCUT2D eigenvalue weighted by atomic mass is 10.0. The fraction of sp³-hybridized carbons (Fsp3) is 0.800. The van der Waals surface area contributed by atoms with Gasteiger partial charge in [0.2, 0.25) is 0 Å². The molecule has 0 aliphatic carbocycles. The number of rotatable bonds is 2. The zero-order valence-corrected chi connectivity index (χ0v) is 8.83. The van der Waals surface area contributed by atoms with Gasteiger partial charge in [0.1, 0.15) is 0 Å². The first-order valence-electron chi connectivity index (χ1n) is 4.74. The Kier molecular flexibility index (Phi) is 3.26. The van der Waals surface area contributed by atoms with E-state index in [1.165, 1.54) is 0 Å². The molecule has 4 heteroatoms. The van der Waals surface area contributed by atoms with Crippen LogP contribution >= 0.6 is 0 Å². The minimum atomic E-state index is -0.441. The smallest absolute Gasteiger partial charge is 0.313 e. The average molecular weight is 200 g/mol. The van der Waals surface area contributed by atoms with E-state index in [-0.39, 0.29) is 24.4 Å². The highest BCUT2D eigenvalue weighted by molar-refractivity contribution is 5.88. The van der Waals surface area contributed by atoms with Crippen molar-refractivity contribution in [2.24, 2.45) is 5.92 Å². The second kappa shape index (κ2) is 4.09. The zero-order valence-electron chi connectivity index (χ0n) is 8.83. The molecular formula is C10H16O4. The summed E-state index contributed by atoms with van der Waals surface area (Å²) in [5.74, 6) is -0.907. The van der Waals surface area contributed by atoms with Crippen molar-refractivity contribution in [3.63, 3.8) is 0 Å². The third-order valence-corrected chi connectivity index (χ3v) is 1.89. The molecule has 0 saturated carbocycles. The van der Waals surface area contributed by atoms with Crippen LogP contribution in [0.15, 0.2) is 0 Å². The molecule has 1 aliphatic rings. The number of hydrogen-bond donors (Lipinski definition) is 0. The summed E-state index contributed by atoms with van der Waals surface area (Å²) in [6.45, 7) is 6.26. The molecule has 1 fully saturated rings. The van der Waals surface area contributed by atoms with Gasteiger partial charge in [-0.05, 0) is 20.8 Å². The van der Waals surface area contributed by atoms with Gasteiger partial charge in [0.05, 0.1) is 25.0 Å². The number of ether oxygens (including phenoxy) is 2. The van der Waals surface area contributed by atoms with E-state index >= 15 is 0 Å². The number of carbonyl (C=O) groups is 2. The van der Waals surface area contributed by atoms with Gasteiger partial charge in [-0.2, -0.15) is 0 Å². The summed E-state index contributed by atoms with van der Waals surface area (Å²) >= 11 is 0. The normalized spacial score (nSPS) is 19.6. The van der Waals surface area contributed by atoms with E-state index < -0.39 is 11.9 Å². The molecule has 0 atom stereocenters. The molecule has 4 nitrogen and oxygen atoms in total. The maximum atomic E-state index is 10.9. The molecule has 0 bridgehead atoms. The molecule has 0 amide bonds. The minimum Gasteiger partial charge on any atom is -0.393 e. The molecule has 1 saturated heterocycles. The lowest BCUT2D eigenvalue weighted by molar-refractivity contribution is -0.167. The summed E-state index contributed by atoms with van der Waals surface area (Å²) in [4.78, 5) is 21.8. The summed E-state index contributed by atoms with van der Waals surface area (Å²) in [5, 5.41) is 0. The maximum Gasteiger partial charge on any atom is 0.313 e. The zero-order chi connectivity index (χ0) is 10.8. The Morgan fingerprint density at radius 2 is 1.79 bits per heavy atom. The van der Waals surface area contributed by atoms with Crippen LogP contribution in [0.1, 0.15) is 33.6 Å². The fourth-order valence-electron chi connectivity index (χ4n) is 1.24. The van der Waals surface area contributed by atoms with Crippen LogP contribution < -0.4 is 0 Å². The first-order valence-corrected chi connectivity index (χ1v) is 4.74. The van der Waals surface area contributed by atoms with Crippen LogP contribution in [0.25, 0.3) is 0 Å². The van der Waals surface area contributed by atoms with E-state index in [9.17, 15) is 9.59 Å². The molecule has 0 N–H and O–H groups in total. The molecule has 1 heterocycles. The van der Waals surface area contributed by atoms with Crippen LogP contribution in [0.2, 0.25) is 0 Å². The highest BCUT2D eigenvalue weighted by Crippen LogP contribution is 2.19. The Morgan fingerprint density at radius 3 is 2.21 bits per heavy atom. The van der Waals surface area contributed by atoms with Crippen molar-refractivity contribution in [2.75, 3.05) is 6.61 Å². The Labute approximate surface area is 83.6 Å². The van der Waals surface area contributed by atoms with Gasteiger partial charge in [0.15, 0.2) is 0 Å². The predicted octanol–water partition coefficient (Wildman–Crippen LogP) is 1.28. The summed E-state index contributed by atoms with van der Waals surface area (Å²) < 4.78 is 9.92. The molecule has 0 aromatic heterocycles. The van der Waals surface area contributed by atoms with Crippen molar-refractivity contribution in [1.29, 1.82) is 0 Å². The van der Waals surface area contributed by atoms with Gasteiger partial charge in [0.25, 0.3) is 0 Å². The van der Waals surface area contributed by atoms with Gasteiger partial charge in [-0.1, -0.05) is 0 Å². The molecule has 1 rings (SSSR count). The van der Waals surface area contributed by atoms with Crippen LogP contribution in [-0.4, -0.2) is 24.1 Å². The summed E-state index contributed by atoms with van der Waals surface area (Å²) in [6, 6.07) is 0. The molecule has 0 unspecified atom stereocenters. The predicted molar refractivity (Wildman–Crippen MR) is 49.5 cm³/mol. The van der Waals surface area contributed by atoms with Gasteiger partial charge < -0.3 is 9.47 Å². The topological polar surface area (TPSA) is 52.6 Å². The molecular weight excluding hydrogens is 184 g/mol. The first-order chi connectivity index (χ1) is 6.37. The van der Waals surface area contributed by atoms with Crippen molar-refractivity contribution in [3.8, 4) is 0 Å². The van der Waals surface area contributed by atoms with Gasteiger partial charge >= 0.3 is 11.9 Å². The van der Waals surface area contributed by atoms with Gasteiger partial charge in [-0.3, -0.25) is 9.59 Å². The van der Waals surface area contributed by atoms with Crippen LogP contribution in [0.4, 0.5) is 0 Å². The third-order valence-electron chi connectivity index (χ3n) is 1.89. The van der Waals surface area contributed by atoms with E-state index in [0.29, 0.717) is 6.61 Å². The molecule has 0 aromatic carbocycles. The minimum absolute atomic E-state index is 0.0250. The van der Waals surface area contributed by atoms with E-state index in [1.54, 1.807) is 0 Å². The Morgan fingerprint density at radius 1 is 1.29 bits per heavy atom. The molecule has 0 spiro atoms. The SMILES string of the molecule is CC(C)(C)OCC1CC(=O)OC(=O)C1. The highest BCUT2D eigenvalue weighted by atomic mass is 16.6. The van der Waals surface area contributed by atoms with Gasteiger partial charge in [-0.25, -0.2) is 0 Å². The third kappa shape index (κ3) is 3.87. The van der Waals surface area contributed by atoms with Crippen molar-refractivity contribution < 1.29 is 19.1 Å². The summed E-state index contributed by atoms with van der Waals surface area (Å²) in [6.07, 6.45) is 0.559. The van der Waals surface area contributed by atoms with Crippen molar-refractivity contribution in [3.05, 3.63) is 0 Å². The molecule has 14 heavy (non-hydrogen) atoms. The lowest BCUT2D eigenvalue weighted by Crippen LogP contribution is -2.31. The van der Waals surface area contributed by atoms with E-state index in [1.807, 2.05) is 20.8 Å². The van der Waals surface area contributed by atoms with Gasteiger partial charge in [-0.15, -0.1) is 0 Å². The Hall–Kier alpha value is -0.900. The second-order valence-electron chi connectivity index (χ2n) is 4.54. The maximum absolute atomic E-state index is 10.9. The van der Waals surface area contributed by atoms with Crippen LogP contribution in [0, 0.1) is 5.92 Å². The Bertz CT molecular complexity index is 223. The van der Waals surface area contributed by atoms with Crippen LogP contribution in [0.5, 0.6) is 0 Å². The standard InChI is InChI=1S/C10H16O4/c1-10(2,3)13-6-7-4-8(11)14-9(12)5-7/h7H,4-6H2,1-3H3. The fourth-order valence-corrected chi connectivity index (χ4v) is 1.24. The monoisotopic (exact) mass is 200 g/mol. The van der Waals surface area contributed by atoms with Crippen molar-refractivity contribution >= 4 is 11.9 Å².